The van der Waals surface area contributed by atoms with Crippen LogP contribution in [0.15, 0.2) is 0 Å². The molecule has 21 heavy (non-hydrogen) atoms. The summed E-state index contributed by atoms with van der Waals surface area (Å²) in [5.41, 5.74) is 0. The van der Waals surface area contributed by atoms with Crippen LogP contribution in [0.5, 0.6) is 0 Å². The highest BCUT2D eigenvalue weighted by molar-refractivity contribution is 4.97. The molecule has 0 aromatic rings. The van der Waals surface area contributed by atoms with Crippen molar-refractivity contribution in [2.75, 3.05) is 27.3 Å². The van der Waals surface area contributed by atoms with Gasteiger partial charge in [-0.3, -0.25) is 4.90 Å². The zero-order valence-electron chi connectivity index (χ0n) is 13.8. The van der Waals surface area contributed by atoms with Crippen molar-refractivity contribution in [3.05, 3.63) is 0 Å². The number of likely N-dealkylation sites (N-methyl/N-ethyl adjacent to an activating group) is 2. The molecule has 4 nitrogen and oxygen atoms in total. The Labute approximate surface area is 129 Å². The molecule has 1 spiro atoms. The molecule has 0 aromatic heterocycles. The molecule has 0 bridgehead atoms. The highest BCUT2D eigenvalue weighted by Crippen LogP contribution is 2.38. The summed E-state index contributed by atoms with van der Waals surface area (Å²) in [6.45, 7) is 1.54. The van der Waals surface area contributed by atoms with E-state index in [-0.39, 0.29) is 5.79 Å². The lowest BCUT2D eigenvalue weighted by molar-refractivity contribution is -0.194. The summed E-state index contributed by atoms with van der Waals surface area (Å²) in [5.74, 6) is -0.281. The first-order valence-electron chi connectivity index (χ1n) is 8.91. The van der Waals surface area contributed by atoms with Crippen LogP contribution in [0.3, 0.4) is 0 Å². The van der Waals surface area contributed by atoms with Crippen molar-refractivity contribution in [1.82, 2.24) is 10.2 Å². The first-order chi connectivity index (χ1) is 10.2. The minimum Gasteiger partial charge on any atom is -0.347 e. The Morgan fingerprint density at radius 1 is 1.00 bits per heavy atom. The van der Waals surface area contributed by atoms with Gasteiger partial charge in [0, 0.05) is 31.0 Å². The minimum atomic E-state index is -0.281. The summed E-state index contributed by atoms with van der Waals surface area (Å²) in [6.07, 6.45) is 11.5. The average molecular weight is 296 g/mol. The zero-order chi connectivity index (χ0) is 14.7. The predicted molar refractivity (Wildman–Crippen MR) is 84.4 cm³/mol. The standard InChI is InChI=1S/C17H32N2O2/c1-18-15-9-10-17(20-11-12-21-17)13-16(15)19(2)14-7-5-3-4-6-8-14/h14-16,18H,3-13H2,1-2H3. The van der Waals surface area contributed by atoms with Gasteiger partial charge in [-0.2, -0.15) is 0 Å². The van der Waals surface area contributed by atoms with Crippen LogP contribution in [0.2, 0.25) is 0 Å². The van der Waals surface area contributed by atoms with Gasteiger partial charge in [-0.15, -0.1) is 0 Å². The van der Waals surface area contributed by atoms with E-state index in [4.69, 9.17) is 9.47 Å². The molecule has 0 aromatic carbocycles. The first-order valence-corrected chi connectivity index (χ1v) is 8.91. The molecule has 0 amide bonds. The van der Waals surface area contributed by atoms with E-state index in [2.05, 4.69) is 24.3 Å². The maximum absolute atomic E-state index is 5.99. The third kappa shape index (κ3) is 3.44. The van der Waals surface area contributed by atoms with Gasteiger partial charge in [-0.1, -0.05) is 25.7 Å². The summed E-state index contributed by atoms with van der Waals surface area (Å²) in [5, 5.41) is 3.54. The molecule has 3 rings (SSSR count). The summed E-state index contributed by atoms with van der Waals surface area (Å²) in [6, 6.07) is 1.84. The van der Waals surface area contributed by atoms with Crippen molar-refractivity contribution in [3.8, 4) is 0 Å². The monoisotopic (exact) mass is 296 g/mol. The third-order valence-electron chi connectivity index (χ3n) is 5.93. The number of nitrogens with one attached hydrogen (secondary N) is 1. The van der Waals surface area contributed by atoms with Gasteiger partial charge in [0.25, 0.3) is 0 Å². The van der Waals surface area contributed by atoms with Crippen molar-refractivity contribution in [3.63, 3.8) is 0 Å². The average Bonchev–Trinajstić information content (AvgIpc) is 2.79. The van der Waals surface area contributed by atoms with Crippen LogP contribution in [-0.2, 0) is 9.47 Å². The molecule has 4 heteroatoms. The van der Waals surface area contributed by atoms with Crippen LogP contribution >= 0.6 is 0 Å². The van der Waals surface area contributed by atoms with Crippen LogP contribution in [0.1, 0.15) is 57.8 Å². The molecule has 1 N–H and O–H groups in total. The van der Waals surface area contributed by atoms with E-state index in [9.17, 15) is 0 Å². The highest BCUT2D eigenvalue weighted by Gasteiger charge is 2.46. The van der Waals surface area contributed by atoms with Crippen LogP contribution in [0, 0.1) is 0 Å². The van der Waals surface area contributed by atoms with Crippen molar-refractivity contribution in [2.24, 2.45) is 0 Å². The van der Waals surface area contributed by atoms with Gasteiger partial charge in [0.15, 0.2) is 5.79 Å². The lowest BCUT2D eigenvalue weighted by Gasteiger charge is -2.47. The lowest BCUT2D eigenvalue weighted by Crippen LogP contribution is -2.58. The molecule has 2 atom stereocenters. The van der Waals surface area contributed by atoms with E-state index in [1.165, 1.54) is 38.5 Å². The number of ether oxygens (including phenoxy) is 2. The van der Waals surface area contributed by atoms with Gasteiger partial charge < -0.3 is 14.8 Å². The molecular formula is C17H32N2O2. The molecule has 122 valence electrons. The van der Waals surface area contributed by atoms with E-state index in [1.54, 1.807) is 0 Å². The summed E-state index contributed by atoms with van der Waals surface area (Å²) in [7, 11) is 4.44. The number of hydrogen-bond donors (Lipinski definition) is 1. The Kier molecular flexibility index (Phi) is 5.20. The van der Waals surface area contributed by atoms with E-state index < -0.39 is 0 Å². The van der Waals surface area contributed by atoms with E-state index in [0.717, 1.165) is 38.5 Å². The summed E-state index contributed by atoms with van der Waals surface area (Å²) in [4.78, 5) is 2.65. The molecule has 1 aliphatic heterocycles. The molecular weight excluding hydrogens is 264 g/mol. The van der Waals surface area contributed by atoms with Gasteiger partial charge in [-0.05, 0) is 33.4 Å². The van der Waals surface area contributed by atoms with E-state index >= 15 is 0 Å². The number of nitrogens with zero attached hydrogens (tertiary/aromatic N) is 1. The van der Waals surface area contributed by atoms with Crippen LogP contribution in [-0.4, -0.2) is 56.1 Å². The smallest absolute Gasteiger partial charge is 0.170 e. The lowest BCUT2D eigenvalue weighted by atomic mass is 9.83. The summed E-state index contributed by atoms with van der Waals surface area (Å²) >= 11 is 0. The van der Waals surface area contributed by atoms with Gasteiger partial charge in [0.2, 0.25) is 0 Å². The normalized spacial score (nSPS) is 34.4. The Morgan fingerprint density at radius 2 is 1.67 bits per heavy atom. The van der Waals surface area contributed by atoms with Crippen molar-refractivity contribution in [2.45, 2.75) is 81.7 Å². The van der Waals surface area contributed by atoms with Gasteiger partial charge in [0.05, 0.1) is 13.2 Å². The Balaban J connectivity index is 1.69. The Morgan fingerprint density at radius 3 is 2.29 bits per heavy atom. The second-order valence-corrected chi connectivity index (χ2v) is 7.12. The van der Waals surface area contributed by atoms with Gasteiger partial charge in [0.1, 0.15) is 0 Å². The zero-order valence-corrected chi connectivity index (χ0v) is 13.8. The fraction of sp³-hybridized carbons (Fsp3) is 1.00. The van der Waals surface area contributed by atoms with Crippen LogP contribution in [0.25, 0.3) is 0 Å². The van der Waals surface area contributed by atoms with Crippen molar-refractivity contribution < 1.29 is 9.47 Å². The van der Waals surface area contributed by atoms with Crippen LogP contribution < -0.4 is 5.32 Å². The second kappa shape index (κ2) is 6.95. The van der Waals surface area contributed by atoms with Gasteiger partial charge >= 0.3 is 0 Å². The van der Waals surface area contributed by atoms with E-state index in [1.807, 2.05) is 0 Å². The molecule has 2 saturated carbocycles. The Hall–Kier alpha value is -0.160. The molecule has 3 aliphatic rings. The molecule has 2 aliphatic carbocycles. The predicted octanol–water partition coefficient (Wildman–Crippen LogP) is 2.52. The van der Waals surface area contributed by atoms with Gasteiger partial charge in [-0.25, -0.2) is 0 Å². The summed E-state index contributed by atoms with van der Waals surface area (Å²) < 4.78 is 12.0. The number of hydrogen-bond acceptors (Lipinski definition) is 4. The van der Waals surface area contributed by atoms with Crippen LogP contribution in [0.4, 0.5) is 0 Å². The minimum absolute atomic E-state index is 0.281. The van der Waals surface area contributed by atoms with Crippen molar-refractivity contribution >= 4 is 0 Å². The third-order valence-corrected chi connectivity index (χ3v) is 5.93. The maximum atomic E-state index is 5.99. The SMILES string of the molecule is CNC1CCC2(CC1N(C)C1CCCCCC1)OCCO2. The molecule has 1 saturated heterocycles. The fourth-order valence-corrected chi connectivity index (χ4v) is 4.59. The quantitative estimate of drug-likeness (QED) is 0.812. The van der Waals surface area contributed by atoms with Crippen molar-refractivity contribution in [1.29, 1.82) is 0 Å². The second-order valence-electron chi connectivity index (χ2n) is 7.12. The molecule has 2 unspecified atom stereocenters. The number of rotatable bonds is 3. The van der Waals surface area contributed by atoms with E-state index in [0.29, 0.717) is 12.1 Å². The fourth-order valence-electron chi connectivity index (χ4n) is 4.59. The topological polar surface area (TPSA) is 33.7 Å². The molecule has 1 heterocycles. The molecule has 0 radical (unpaired) electrons. The first kappa shape index (κ1) is 15.7. The highest BCUT2D eigenvalue weighted by atomic mass is 16.7. The largest absolute Gasteiger partial charge is 0.347 e. The molecule has 3 fully saturated rings. The maximum Gasteiger partial charge on any atom is 0.170 e. The Bertz CT molecular complexity index is 323.